The second-order valence-corrected chi connectivity index (χ2v) is 9.47. The van der Waals surface area contributed by atoms with E-state index in [0.717, 1.165) is 49.9 Å². The highest BCUT2D eigenvalue weighted by Gasteiger charge is 2.26. The molecule has 0 saturated heterocycles. The number of benzene rings is 1. The number of nitrogens with one attached hydrogen (secondary N) is 1. The van der Waals surface area contributed by atoms with Gasteiger partial charge in [0.25, 0.3) is 0 Å². The molecule has 2 aromatic rings. The van der Waals surface area contributed by atoms with Crippen LogP contribution in [0.2, 0.25) is 0 Å². The Bertz CT molecular complexity index is 936. The zero-order chi connectivity index (χ0) is 22.4. The van der Waals surface area contributed by atoms with Gasteiger partial charge in [-0.3, -0.25) is 10.1 Å². The van der Waals surface area contributed by atoms with Crippen molar-refractivity contribution in [3.8, 4) is 0 Å². The lowest BCUT2D eigenvalue weighted by Gasteiger charge is -2.34. The molecule has 0 spiro atoms. The predicted molar refractivity (Wildman–Crippen MR) is 113 cm³/mol. The van der Waals surface area contributed by atoms with Crippen LogP contribution in [0.5, 0.6) is 0 Å². The summed E-state index contributed by atoms with van der Waals surface area (Å²) >= 11 is 2.27. The van der Waals surface area contributed by atoms with Crippen molar-refractivity contribution in [2.24, 2.45) is 0 Å². The molecule has 0 aliphatic heterocycles. The number of aromatic nitrogens is 1. The average Bonchev–Trinajstić information content (AvgIpc) is 3.20. The summed E-state index contributed by atoms with van der Waals surface area (Å²) in [5.74, 6) is -5.05. The summed E-state index contributed by atoms with van der Waals surface area (Å²) in [6.45, 7) is 0.143. The Morgan fingerprint density at radius 2 is 1.94 bits per heavy atom. The second-order valence-electron chi connectivity index (χ2n) is 7.17. The molecule has 0 unspecified atom stereocenters. The maximum Gasteiger partial charge on any atom is 0.323 e. The van der Waals surface area contributed by atoms with Crippen molar-refractivity contribution in [3.63, 3.8) is 0 Å². The lowest BCUT2D eigenvalue weighted by Crippen LogP contribution is -2.45. The molecule has 1 aliphatic rings. The molecule has 1 aliphatic carbocycles. The minimum Gasteiger partial charge on any atom is -0.481 e. The van der Waals surface area contributed by atoms with Gasteiger partial charge in [0.05, 0.1) is 16.2 Å². The number of carboxylic acids is 1. The summed E-state index contributed by atoms with van der Waals surface area (Å²) in [7, 11) is 0. The van der Waals surface area contributed by atoms with E-state index in [9.17, 15) is 22.8 Å². The van der Waals surface area contributed by atoms with E-state index >= 15 is 0 Å². The Morgan fingerprint density at radius 1 is 1.19 bits per heavy atom. The Labute approximate surface area is 185 Å². The van der Waals surface area contributed by atoms with Crippen LogP contribution in [0.25, 0.3) is 0 Å². The number of amides is 2. The molecule has 6 nitrogen and oxygen atoms in total. The standard InChI is InChI=1S/C20H22F3N3O3S2/c21-14-7-6-12(17(22)18(14)23)8-9-26(13-4-2-1-3-5-13)20(29)25-19-24-10-16(31-19)30-11-15(27)28/h6-7,10,13H,1-5,8-9,11H2,(H,27,28)(H,24,25,29). The van der Waals surface area contributed by atoms with Gasteiger partial charge in [0.1, 0.15) is 0 Å². The van der Waals surface area contributed by atoms with Gasteiger partial charge in [0.2, 0.25) is 0 Å². The van der Waals surface area contributed by atoms with E-state index in [-0.39, 0.29) is 30.3 Å². The van der Waals surface area contributed by atoms with Gasteiger partial charge in [0, 0.05) is 12.6 Å². The maximum absolute atomic E-state index is 14.0. The van der Waals surface area contributed by atoms with E-state index in [2.05, 4.69) is 10.3 Å². The lowest BCUT2D eigenvalue weighted by atomic mass is 9.94. The second kappa shape index (κ2) is 10.9. The molecule has 1 saturated carbocycles. The first-order valence-corrected chi connectivity index (χ1v) is 11.7. The molecule has 3 rings (SSSR count). The molecule has 168 valence electrons. The summed E-state index contributed by atoms with van der Waals surface area (Å²) in [5, 5.41) is 11.8. The molecule has 2 N–H and O–H groups in total. The smallest absolute Gasteiger partial charge is 0.323 e. The van der Waals surface area contributed by atoms with Crippen LogP contribution in [0, 0.1) is 17.5 Å². The Balaban J connectivity index is 1.69. The highest BCUT2D eigenvalue weighted by Crippen LogP contribution is 2.29. The van der Waals surface area contributed by atoms with E-state index in [1.54, 1.807) is 4.90 Å². The van der Waals surface area contributed by atoms with Gasteiger partial charge >= 0.3 is 12.0 Å². The Kier molecular flexibility index (Phi) is 8.19. The predicted octanol–water partition coefficient (Wildman–Crippen LogP) is 5.15. The van der Waals surface area contributed by atoms with Gasteiger partial charge in [0.15, 0.2) is 22.6 Å². The average molecular weight is 474 g/mol. The molecular weight excluding hydrogens is 451 g/mol. The number of rotatable bonds is 8. The molecule has 0 bridgehead atoms. The number of carbonyl (C=O) groups is 2. The number of carboxylic acid groups (broad SMARTS) is 1. The minimum atomic E-state index is -1.51. The quantitative estimate of drug-likeness (QED) is 0.410. The lowest BCUT2D eigenvalue weighted by molar-refractivity contribution is -0.133. The number of nitrogens with zero attached hydrogens (tertiary/aromatic N) is 2. The molecule has 1 aromatic carbocycles. The van der Waals surface area contributed by atoms with Crippen LogP contribution in [0.1, 0.15) is 37.7 Å². The molecule has 1 heterocycles. The first-order valence-electron chi connectivity index (χ1n) is 9.85. The molecule has 2 amide bonds. The number of hydrogen-bond donors (Lipinski definition) is 2. The van der Waals surface area contributed by atoms with Crippen LogP contribution in [0.4, 0.5) is 23.1 Å². The molecule has 1 aromatic heterocycles. The Morgan fingerprint density at radius 3 is 2.65 bits per heavy atom. The van der Waals surface area contributed by atoms with Crippen LogP contribution in [0.15, 0.2) is 22.5 Å². The van der Waals surface area contributed by atoms with Crippen LogP contribution in [-0.4, -0.2) is 45.3 Å². The fraction of sp³-hybridized carbons (Fsp3) is 0.450. The fourth-order valence-electron chi connectivity index (χ4n) is 3.52. The molecule has 11 heteroatoms. The van der Waals surface area contributed by atoms with Gasteiger partial charge in [-0.15, -0.1) is 11.8 Å². The van der Waals surface area contributed by atoms with Crippen LogP contribution >= 0.6 is 23.1 Å². The summed E-state index contributed by atoms with van der Waals surface area (Å²) in [5.41, 5.74) is 0.00844. The van der Waals surface area contributed by atoms with Gasteiger partial charge in [-0.1, -0.05) is 36.7 Å². The van der Waals surface area contributed by atoms with Crippen molar-refractivity contribution in [3.05, 3.63) is 41.3 Å². The van der Waals surface area contributed by atoms with E-state index in [1.807, 2.05) is 0 Å². The Hall–Kier alpha value is -2.27. The number of aliphatic carboxylic acids is 1. The summed E-state index contributed by atoms with van der Waals surface area (Å²) < 4.78 is 41.4. The van der Waals surface area contributed by atoms with Gasteiger partial charge in [-0.25, -0.2) is 22.9 Å². The van der Waals surface area contributed by atoms with Gasteiger partial charge in [-0.05, 0) is 30.9 Å². The number of thioether (sulfide) groups is 1. The van der Waals surface area contributed by atoms with E-state index < -0.39 is 29.5 Å². The third-order valence-corrected chi connectivity index (χ3v) is 7.14. The first-order chi connectivity index (χ1) is 14.8. The largest absolute Gasteiger partial charge is 0.481 e. The third kappa shape index (κ3) is 6.36. The number of hydrogen-bond acceptors (Lipinski definition) is 5. The van der Waals surface area contributed by atoms with Gasteiger partial charge < -0.3 is 10.0 Å². The third-order valence-electron chi connectivity index (χ3n) is 5.05. The van der Waals surface area contributed by atoms with Gasteiger partial charge in [-0.2, -0.15) is 0 Å². The molecule has 0 atom stereocenters. The van der Waals surface area contributed by atoms with Crippen molar-refractivity contribution in [2.75, 3.05) is 17.6 Å². The zero-order valence-electron chi connectivity index (χ0n) is 16.6. The summed E-state index contributed by atoms with van der Waals surface area (Å²) in [6.07, 6.45) is 6.19. The van der Waals surface area contributed by atoms with Crippen molar-refractivity contribution >= 4 is 40.2 Å². The van der Waals surface area contributed by atoms with Crippen molar-refractivity contribution in [1.82, 2.24) is 9.88 Å². The van der Waals surface area contributed by atoms with Crippen LogP contribution in [0.3, 0.4) is 0 Å². The van der Waals surface area contributed by atoms with E-state index in [1.165, 1.54) is 23.6 Å². The normalized spacial score (nSPS) is 14.4. The molecule has 1 fully saturated rings. The van der Waals surface area contributed by atoms with Crippen LogP contribution in [-0.2, 0) is 11.2 Å². The molecular formula is C20H22F3N3O3S2. The number of carbonyl (C=O) groups excluding carboxylic acids is 1. The number of anilines is 1. The SMILES string of the molecule is O=C(O)CSc1cnc(NC(=O)N(CCc2ccc(F)c(F)c2F)C2CCCCC2)s1. The fourth-order valence-corrected chi connectivity index (χ4v) is 5.10. The summed E-state index contributed by atoms with van der Waals surface area (Å²) in [6, 6.07) is 1.63. The van der Waals surface area contributed by atoms with Crippen molar-refractivity contribution in [2.45, 2.75) is 48.8 Å². The van der Waals surface area contributed by atoms with Crippen molar-refractivity contribution in [1.29, 1.82) is 0 Å². The summed E-state index contributed by atoms with van der Waals surface area (Å²) in [4.78, 5) is 29.4. The number of halogens is 3. The topological polar surface area (TPSA) is 82.5 Å². The first kappa shape index (κ1) is 23.4. The monoisotopic (exact) mass is 473 g/mol. The maximum atomic E-state index is 14.0. The molecule has 31 heavy (non-hydrogen) atoms. The highest BCUT2D eigenvalue weighted by molar-refractivity contribution is 8.01. The number of thiazole rings is 1. The van der Waals surface area contributed by atoms with E-state index in [0.29, 0.717) is 9.34 Å². The number of urea groups is 1. The minimum absolute atomic E-state index is 0.00844. The van der Waals surface area contributed by atoms with E-state index in [4.69, 9.17) is 5.11 Å². The van der Waals surface area contributed by atoms with Crippen molar-refractivity contribution < 1.29 is 27.9 Å². The zero-order valence-corrected chi connectivity index (χ0v) is 18.2. The molecule has 0 radical (unpaired) electrons. The van der Waals surface area contributed by atoms with Crippen LogP contribution < -0.4 is 5.32 Å². The highest BCUT2D eigenvalue weighted by atomic mass is 32.2.